The first-order chi connectivity index (χ1) is 25.0. The highest BCUT2D eigenvalue weighted by atomic mass is 19.1. The van der Waals surface area contributed by atoms with Crippen LogP contribution in [0.4, 0.5) is 23.4 Å². The molecule has 2 saturated heterocycles. The largest absolute Gasteiger partial charge is 0.508 e. The highest BCUT2D eigenvalue weighted by molar-refractivity contribution is 6.04. The molecule has 268 valence electrons. The van der Waals surface area contributed by atoms with Crippen LogP contribution in [-0.2, 0) is 13.1 Å². The summed E-state index contributed by atoms with van der Waals surface area (Å²) in [5.74, 6) is -0.963. The van der Waals surface area contributed by atoms with Crippen LogP contribution in [0.5, 0.6) is 11.8 Å². The van der Waals surface area contributed by atoms with Gasteiger partial charge in [0.25, 0.3) is 5.91 Å². The number of terminal acetylenes is 1. The minimum Gasteiger partial charge on any atom is -0.508 e. The van der Waals surface area contributed by atoms with Crippen LogP contribution in [0.3, 0.4) is 0 Å². The molecule has 10 nitrogen and oxygen atoms in total. The van der Waals surface area contributed by atoms with Gasteiger partial charge in [0.05, 0.1) is 28.9 Å². The molecule has 0 bridgehead atoms. The number of aromatic hydroxyl groups is 1. The fraction of sp³-hybridized carbons (Fsp3) is 0.368. The third-order valence-corrected chi connectivity index (χ3v) is 10.5. The van der Waals surface area contributed by atoms with Crippen molar-refractivity contribution in [2.45, 2.75) is 50.5 Å². The minimum absolute atomic E-state index is 0.0433. The van der Waals surface area contributed by atoms with Crippen LogP contribution in [0, 0.1) is 29.8 Å². The van der Waals surface area contributed by atoms with E-state index in [0.717, 1.165) is 37.6 Å². The number of fused-ring (bicyclic) bond motifs is 4. The first kappa shape index (κ1) is 33.7. The SMILES string of the molecule is C#Cc1c(F)ccc2cc(O)cc(-c3c(F)cc4c(N5CCCn6nc(C(=O)N(C)C)cc6C5)nc(OC[C@@]56CCCN5C[C@H](F)C6)nc4c3F)c12. The maximum absolute atomic E-state index is 17.1. The summed E-state index contributed by atoms with van der Waals surface area (Å²) in [6.07, 6.45) is 7.13. The maximum Gasteiger partial charge on any atom is 0.319 e. The van der Waals surface area contributed by atoms with Crippen LogP contribution in [-0.4, -0.2) is 92.6 Å². The number of anilines is 1. The van der Waals surface area contributed by atoms with Crippen molar-refractivity contribution in [1.29, 1.82) is 0 Å². The lowest BCUT2D eigenvalue weighted by molar-refractivity contribution is 0.0821. The summed E-state index contributed by atoms with van der Waals surface area (Å²) >= 11 is 0. The van der Waals surface area contributed by atoms with Crippen molar-refractivity contribution >= 4 is 33.4 Å². The second kappa shape index (κ2) is 12.7. The zero-order valence-electron chi connectivity index (χ0n) is 28.6. The minimum atomic E-state index is -1.09. The number of aryl methyl sites for hydroxylation is 1. The normalized spacial score (nSPS) is 20.2. The molecule has 1 amide bonds. The molecule has 3 aliphatic rings. The average molecular weight is 714 g/mol. The zero-order chi connectivity index (χ0) is 36.5. The number of benzene rings is 3. The summed E-state index contributed by atoms with van der Waals surface area (Å²) < 4.78 is 71.1. The monoisotopic (exact) mass is 713 g/mol. The zero-order valence-corrected chi connectivity index (χ0v) is 28.6. The third-order valence-electron chi connectivity index (χ3n) is 10.5. The molecule has 52 heavy (non-hydrogen) atoms. The summed E-state index contributed by atoms with van der Waals surface area (Å²) in [4.78, 5) is 27.2. The Labute approximate surface area is 296 Å². The Morgan fingerprint density at radius 1 is 1.10 bits per heavy atom. The van der Waals surface area contributed by atoms with Gasteiger partial charge in [0.15, 0.2) is 11.5 Å². The predicted octanol–water partition coefficient (Wildman–Crippen LogP) is 5.82. The molecule has 5 aromatic rings. The van der Waals surface area contributed by atoms with Crippen molar-refractivity contribution in [3.63, 3.8) is 0 Å². The molecule has 0 spiro atoms. The van der Waals surface area contributed by atoms with Crippen LogP contribution in [0.2, 0.25) is 0 Å². The van der Waals surface area contributed by atoms with Gasteiger partial charge in [0.1, 0.15) is 41.5 Å². The Kier molecular flexibility index (Phi) is 8.21. The van der Waals surface area contributed by atoms with Gasteiger partial charge < -0.3 is 19.6 Å². The molecule has 2 fully saturated rings. The lowest BCUT2D eigenvalue weighted by atomic mass is 9.92. The van der Waals surface area contributed by atoms with Gasteiger partial charge in [-0.3, -0.25) is 14.4 Å². The molecule has 0 unspecified atom stereocenters. The molecule has 2 aromatic heterocycles. The molecule has 0 saturated carbocycles. The molecule has 3 aliphatic heterocycles. The summed E-state index contributed by atoms with van der Waals surface area (Å²) in [7, 11) is 3.27. The number of phenols is 1. The lowest BCUT2D eigenvalue weighted by Crippen LogP contribution is -2.43. The van der Waals surface area contributed by atoms with Crippen LogP contribution < -0.4 is 9.64 Å². The number of amides is 1. The third kappa shape index (κ3) is 5.54. The number of hydrogen-bond acceptors (Lipinski definition) is 8. The number of aromatic nitrogens is 4. The average Bonchev–Trinajstić information content (AvgIpc) is 3.74. The van der Waals surface area contributed by atoms with Gasteiger partial charge in [0.2, 0.25) is 0 Å². The smallest absolute Gasteiger partial charge is 0.319 e. The number of hydrogen-bond donors (Lipinski definition) is 1. The van der Waals surface area contributed by atoms with E-state index in [1.807, 2.05) is 4.90 Å². The Morgan fingerprint density at radius 2 is 1.92 bits per heavy atom. The van der Waals surface area contributed by atoms with E-state index in [1.165, 1.54) is 17.0 Å². The molecule has 3 aromatic carbocycles. The number of ether oxygens (including phenoxy) is 1. The number of nitrogens with zero attached hydrogens (tertiary/aromatic N) is 7. The Balaban J connectivity index is 1.29. The van der Waals surface area contributed by atoms with Crippen molar-refractivity contribution < 1.29 is 32.2 Å². The Morgan fingerprint density at radius 3 is 2.71 bits per heavy atom. The van der Waals surface area contributed by atoms with E-state index in [-0.39, 0.29) is 75.1 Å². The number of phenolic OH excluding ortho intramolecular Hbond substituents is 1. The Bertz CT molecular complexity index is 2320. The summed E-state index contributed by atoms with van der Waals surface area (Å²) in [5.41, 5.74) is -0.791. The maximum atomic E-state index is 17.1. The molecule has 2 atom stereocenters. The van der Waals surface area contributed by atoms with Gasteiger partial charge >= 0.3 is 6.01 Å². The number of halogens is 4. The van der Waals surface area contributed by atoms with Gasteiger partial charge in [-0.2, -0.15) is 15.1 Å². The van der Waals surface area contributed by atoms with E-state index in [2.05, 4.69) is 20.9 Å². The van der Waals surface area contributed by atoms with E-state index in [1.54, 1.807) is 24.8 Å². The van der Waals surface area contributed by atoms with E-state index in [0.29, 0.717) is 38.2 Å². The molecule has 0 aliphatic carbocycles. The first-order valence-corrected chi connectivity index (χ1v) is 17.1. The van der Waals surface area contributed by atoms with Crippen LogP contribution >= 0.6 is 0 Å². The number of carbonyl (C=O) groups is 1. The number of alkyl halides is 1. The fourth-order valence-electron chi connectivity index (χ4n) is 8.10. The lowest BCUT2D eigenvalue weighted by Gasteiger charge is -2.31. The van der Waals surface area contributed by atoms with E-state index in [4.69, 9.17) is 16.1 Å². The van der Waals surface area contributed by atoms with Crippen LogP contribution in [0.1, 0.15) is 47.4 Å². The van der Waals surface area contributed by atoms with Crippen LogP contribution in [0.15, 0.2) is 36.4 Å². The first-order valence-electron chi connectivity index (χ1n) is 17.1. The van der Waals surface area contributed by atoms with Gasteiger partial charge in [-0.1, -0.05) is 12.0 Å². The van der Waals surface area contributed by atoms with Crippen molar-refractivity contribution in [2.75, 3.05) is 45.2 Å². The van der Waals surface area contributed by atoms with E-state index in [9.17, 15) is 18.7 Å². The molecule has 5 heterocycles. The molecule has 1 N–H and O–H groups in total. The fourth-order valence-corrected chi connectivity index (χ4v) is 8.10. The van der Waals surface area contributed by atoms with Gasteiger partial charge in [0, 0.05) is 56.5 Å². The quantitative estimate of drug-likeness (QED) is 0.174. The second-order valence-electron chi connectivity index (χ2n) is 14.0. The van der Waals surface area contributed by atoms with Crippen molar-refractivity contribution in [1.82, 2.24) is 29.5 Å². The predicted molar refractivity (Wildman–Crippen MR) is 186 cm³/mol. The van der Waals surface area contributed by atoms with Gasteiger partial charge in [-0.05, 0) is 61.5 Å². The standard InChI is InChI=1S/C38H35F4N7O3/c1-4-25-28(40)8-7-21-13-24(50)15-26(31(21)25)32-29(41)16-27-34(33(32)42)43-37(52-20-38-9-5-11-48(38)18-22(39)17-38)44-35(27)47-10-6-12-49-23(19-47)14-30(45-49)36(51)46(2)3/h1,7-8,13-16,22,50H,5-6,9-12,17-20H2,2-3H3/t22-,38+/m1/s1. The summed E-state index contributed by atoms with van der Waals surface area (Å²) in [6.45, 7) is 2.23. The summed E-state index contributed by atoms with van der Waals surface area (Å²) in [5, 5.41) is 15.5. The number of carbonyl (C=O) groups excluding carboxylic acids is 1. The summed E-state index contributed by atoms with van der Waals surface area (Å²) in [6, 6.07) is 7.60. The van der Waals surface area contributed by atoms with Crippen LogP contribution in [0.25, 0.3) is 32.8 Å². The van der Waals surface area contributed by atoms with Crippen molar-refractivity contribution in [3.8, 4) is 35.2 Å². The number of rotatable bonds is 6. The molecular formula is C38H35F4N7O3. The molecule has 14 heteroatoms. The molecule has 0 radical (unpaired) electrons. The van der Waals surface area contributed by atoms with Crippen molar-refractivity contribution in [2.24, 2.45) is 0 Å². The van der Waals surface area contributed by atoms with Gasteiger partial charge in [-0.15, -0.1) is 6.42 Å². The van der Waals surface area contributed by atoms with Gasteiger partial charge in [-0.25, -0.2) is 17.6 Å². The topological polar surface area (TPSA) is 99.9 Å². The highest BCUT2D eigenvalue weighted by Gasteiger charge is 2.49. The van der Waals surface area contributed by atoms with E-state index >= 15 is 8.78 Å². The second-order valence-corrected chi connectivity index (χ2v) is 14.0. The van der Waals surface area contributed by atoms with Crippen molar-refractivity contribution in [3.05, 3.63) is 70.8 Å². The molecule has 8 rings (SSSR count). The highest BCUT2D eigenvalue weighted by Crippen LogP contribution is 2.43. The Hall–Kier alpha value is -5.42. The van der Waals surface area contributed by atoms with E-state index < -0.39 is 34.7 Å². The molecular weight excluding hydrogens is 678 g/mol.